The van der Waals surface area contributed by atoms with Crippen molar-refractivity contribution < 1.29 is 18.1 Å². The molecule has 2 unspecified atom stereocenters. The number of morpholine rings is 1. The van der Waals surface area contributed by atoms with Gasteiger partial charge in [0.15, 0.2) is 0 Å². The minimum absolute atomic E-state index is 0.0386. The molecular weight excluding hydrogens is 456 g/mol. The van der Waals surface area contributed by atoms with E-state index in [0.717, 1.165) is 31.5 Å². The Hall–Kier alpha value is -2.53. The summed E-state index contributed by atoms with van der Waals surface area (Å²) in [4.78, 5) is 13.7. The van der Waals surface area contributed by atoms with Gasteiger partial charge in [-0.2, -0.15) is 4.31 Å². The SMILES string of the molecule is CC1CCCN(S(=O)(=O)c2ccc(NC(CN3CCOCC3)c3ccccc3)c([N+](=O)[O-])c2)C1. The smallest absolute Gasteiger partial charge is 0.293 e. The van der Waals surface area contributed by atoms with Crippen LogP contribution in [0, 0.1) is 16.0 Å². The van der Waals surface area contributed by atoms with E-state index in [1.807, 2.05) is 37.3 Å². The summed E-state index contributed by atoms with van der Waals surface area (Å²) in [6.45, 7) is 6.44. The zero-order valence-corrected chi connectivity index (χ0v) is 20.2. The second-order valence-corrected chi connectivity index (χ2v) is 11.0. The number of anilines is 1. The molecule has 2 aromatic carbocycles. The van der Waals surface area contributed by atoms with Crippen LogP contribution >= 0.6 is 0 Å². The van der Waals surface area contributed by atoms with Crippen molar-refractivity contribution in [1.29, 1.82) is 0 Å². The van der Waals surface area contributed by atoms with E-state index in [9.17, 15) is 18.5 Å². The van der Waals surface area contributed by atoms with Crippen molar-refractivity contribution in [3.8, 4) is 0 Å². The van der Waals surface area contributed by atoms with Crippen LogP contribution in [-0.4, -0.2) is 68.5 Å². The molecule has 0 aliphatic carbocycles. The van der Waals surface area contributed by atoms with Crippen molar-refractivity contribution in [3.05, 3.63) is 64.2 Å². The minimum Gasteiger partial charge on any atom is -0.379 e. The van der Waals surface area contributed by atoms with Crippen LogP contribution in [0.1, 0.15) is 31.4 Å². The average molecular weight is 489 g/mol. The normalized spacial score (nSPS) is 21.1. The fraction of sp³-hybridized carbons (Fsp3) is 0.500. The number of ether oxygens (including phenoxy) is 1. The van der Waals surface area contributed by atoms with E-state index in [-0.39, 0.29) is 22.5 Å². The molecule has 2 heterocycles. The van der Waals surface area contributed by atoms with Crippen molar-refractivity contribution in [1.82, 2.24) is 9.21 Å². The predicted octanol–water partition coefficient (Wildman–Crippen LogP) is 3.50. The summed E-state index contributed by atoms with van der Waals surface area (Å²) in [5.41, 5.74) is 1.06. The molecular formula is C24H32N4O5S. The summed E-state index contributed by atoms with van der Waals surface area (Å²) in [7, 11) is -3.79. The van der Waals surface area contributed by atoms with Crippen LogP contribution in [0.15, 0.2) is 53.4 Å². The third-order valence-corrected chi connectivity index (χ3v) is 8.36. The molecule has 2 aliphatic rings. The first kappa shape index (κ1) is 24.6. The number of nitro benzene ring substituents is 1. The van der Waals surface area contributed by atoms with Gasteiger partial charge in [0, 0.05) is 38.8 Å². The van der Waals surface area contributed by atoms with Gasteiger partial charge in [0.05, 0.1) is 29.1 Å². The molecule has 0 radical (unpaired) electrons. The van der Waals surface area contributed by atoms with Gasteiger partial charge in [-0.15, -0.1) is 0 Å². The van der Waals surface area contributed by atoms with Crippen molar-refractivity contribution >= 4 is 21.4 Å². The Balaban J connectivity index is 1.62. The first-order valence-electron chi connectivity index (χ1n) is 11.7. The maximum Gasteiger partial charge on any atom is 0.293 e. The molecule has 2 aromatic rings. The average Bonchev–Trinajstić information content (AvgIpc) is 2.85. The number of nitrogens with one attached hydrogen (secondary N) is 1. The summed E-state index contributed by atoms with van der Waals surface area (Å²) in [5, 5.41) is 15.3. The van der Waals surface area contributed by atoms with Crippen molar-refractivity contribution in [2.24, 2.45) is 5.92 Å². The lowest BCUT2D eigenvalue weighted by molar-refractivity contribution is -0.384. The Morgan fingerprint density at radius 1 is 1.15 bits per heavy atom. The number of sulfonamides is 1. The Morgan fingerprint density at radius 2 is 1.88 bits per heavy atom. The van der Waals surface area contributed by atoms with Crippen molar-refractivity contribution in [2.45, 2.75) is 30.7 Å². The molecule has 0 bridgehead atoms. The van der Waals surface area contributed by atoms with E-state index >= 15 is 0 Å². The maximum absolute atomic E-state index is 13.2. The van der Waals surface area contributed by atoms with E-state index in [1.54, 1.807) is 0 Å². The number of piperidine rings is 1. The van der Waals surface area contributed by atoms with E-state index in [0.29, 0.717) is 38.5 Å². The van der Waals surface area contributed by atoms with Crippen LogP contribution in [0.4, 0.5) is 11.4 Å². The van der Waals surface area contributed by atoms with Crippen LogP contribution in [0.3, 0.4) is 0 Å². The Morgan fingerprint density at radius 3 is 2.56 bits per heavy atom. The van der Waals surface area contributed by atoms with Crippen LogP contribution in [0.25, 0.3) is 0 Å². The van der Waals surface area contributed by atoms with Gasteiger partial charge >= 0.3 is 0 Å². The van der Waals surface area contributed by atoms with Crippen LogP contribution in [-0.2, 0) is 14.8 Å². The molecule has 2 atom stereocenters. The molecule has 10 heteroatoms. The Bertz CT molecular complexity index is 1090. The highest BCUT2D eigenvalue weighted by atomic mass is 32.2. The fourth-order valence-electron chi connectivity index (χ4n) is 4.61. The van der Waals surface area contributed by atoms with E-state index in [2.05, 4.69) is 10.2 Å². The molecule has 2 aliphatic heterocycles. The summed E-state index contributed by atoms with van der Waals surface area (Å²) < 4.78 is 33.3. The fourth-order valence-corrected chi connectivity index (χ4v) is 6.23. The van der Waals surface area contributed by atoms with Gasteiger partial charge in [0.1, 0.15) is 5.69 Å². The molecule has 1 N–H and O–H groups in total. The number of rotatable bonds is 8. The van der Waals surface area contributed by atoms with Gasteiger partial charge in [-0.1, -0.05) is 37.3 Å². The highest BCUT2D eigenvalue weighted by molar-refractivity contribution is 7.89. The van der Waals surface area contributed by atoms with Gasteiger partial charge in [-0.05, 0) is 36.5 Å². The van der Waals surface area contributed by atoms with Gasteiger partial charge in [-0.3, -0.25) is 15.0 Å². The standard InChI is InChI=1S/C24H32N4O5S/c1-19-6-5-11-27(17-19)34(31,32)21-9-10-22(24(16-21)28(29)30)25-23(20-7-3-2-4-8-20)18-26-12-14-33-15-13-26/h2-4,7-10,16,19,23,25H,5-6,11-15,17-18H2,1H3. The first-order valence-corrected chi connectivity index (χ1v) is 13.2. The van der Waals surface area contributed by atoms with Gasteiger partial charge in [0.2, 0.25) is 10.0 Å². The zero-order valence-electron chi connectivity index (χ0n) is 19.4. The summed E-state index contributed by atoms with van der Waals surface area (Å²) >= 11 is 0. The highest BCUT2D eigenvalue weighted by Gasteiger charge is 2.31. The molecule has 2 saturated heterocycles. The molecule has 0 aromatic heterocycles. The second-order valence-electron chi connectivity index (χ2n) is 9.07. The molecule has 4 rings (SSSR count). The quantitative estimate of drug-likeness (QED) is 0.448. The zero-order chi connectivity index (χ0) is 24.1. The lowest BCUT2D eigenvalue weighted by Gasteiger charge is -2.31. The molecule has 2 fully saturated rings. The summed E-state index contributed by atoms with van der Waals surface area (Å²) in [5.74, 6) is 0.270. The predicted molar refractivity (Wildman–Crippen MR) is 130 cm³/mol. The number of hydrogen-bond acceptors (Lipinski definition) is 7. The summed E-state index contributed by atoms with van der Waals surface area (Å²) in [6, 6.07) is 13.8. The lowest BCUT2D eigenvalue weighted by Crippen LogP contribution is -2.40. The Labute approximate surface area is 200 Å². The van der Waals surface area contributed by atoms with Gasteiger partial charge < -0.3 is 10.1 Å². The molecule has 184 valence electrons. The highest BCUT2D eigenvalue weighted by Crippen LogP contribution is 2.33. The van der Waals surface area contributed by atoms with E-state index < -0.39 is 14.9 Å². The van der Waals surface area contributed by atoms with Crippen LogP contribution < -0.4 is 5.32 Å². The largest absolute Gasteiger partial charge is 0.379 e. The lowest BCUT2D eigenvalue weighted by atomic mass is 10.0. The molecule has 0 spiro atoms. The third-order valence-electron chi connectivity index (χ3n) is 6.50. The first-order chi connectivity index (χ1) is 16.3. The minimum atomic E-state index is -3.79. The monoisotopic (exact) mass is 488 g/mol. The third kappa shape index (κ3) is 5.75. The number of nitrogens with zero attached hydrogens (tertiary/aromatic N) is 3. The molecule has 0 saturated carbocycles. The summed E-state index contributed by atoms with van der Waals surface area (Å²) in [6.07, 6.45) is 1.78. The topological polar surface area (TPSA) is 105 Å². The molecule has 34 heavy (non-hydrogen) atoms. The molecule has 0 amide bonds. The van der Waals surface area contributed by atoms with Crippen LogP contribution in [0.5, 0.6) is 0 Å². The van der Waals surface area contributed by atoms with E-state index in [1.165, 1.54) is 22.5 Å². The maximum atomic E-state index is 13.2. The van der Waals surface area contributed by atoms with Gasteiger partial charge in [-0.25, -0.2) is 8.42 Å². The molecule has 9 nitrogen and oxygen atoms in total. The second kappa shape index (κ2) is 10.8. The number of benzene rings is 2. The number of nitro groups is 1. The van der Waals surface area contributed by atoms with Gasteiger partial charge in [0.25, 0.3) is 5.69 Å². The van der Waals surface area contributed by atoms with Crippen molar-refractivity contribution in [3.63, 3.8) is 0 Å². The Kier molecular flexibility index (Phi) is 7.82. The van der Waals surface area contributed by atoms with Crippen LogP contribution in [0.2, 0.25) is 0 Å². The van der Waals surface area contributed by atoms with Crippen molar-refractivity contribution in [2.75, 3.05) is 51.3 Å². The van der Waals surface area contributed by atoms with E-state index in [4.69, 9.17) is 4.74 Å². The number of hydrogen-bond donors (Lipinski definition) is 1.